The van der Waals surface area contributed by atoms with Crippen molar-refractivity contribution < 1.29 is 23.4 Å². The van der Waals surface area contributed by atoms with Gasteiger partial charge < -0.3 is 14.2 Å². The van der Waals surface area contributed by atoms with Crippen molar-refractivity contribution in [2.45, 2.75) is 19.9 Å². The molecule has 0 unspecified atom stereocenters. The molecule has 33 heavy (non-hydrogen) atoms. The molecule has 7 nitrogen and oxygen atoms in total. The number of esters is 1. The number of nitrogens with zero attached hydrogens (tertiary/aromatic N) is 2. The van der Waals surface area contributed by atoms with Crippen LogP contribution in [0.5, 0.6) is 11.5 Å². The van der Waals surface area contributed by atoms with Crippen LogP contribution in [0.1, 0.15) is 31.0 Å². The Morgan fingerprint density at radius 2 is 2.00 bits per heavy atom. The van der Waals surface area contributed by atoms with Crippen molar-refractivity contribution >= 4 is 23.4 Å². The first kappa shape index (κ1) is 21.1. The van der Waals surface area contributed by atoms with Crippen molar-refractivity contribution in [1.82, 2.24) is 4.57 Å². The minimum absolute atomic E-state index is 0.161. The molecular formula is C24H19FN2O5S. The van der Waals surface area contributed by atoms with E-state index in [1.54, 1.807) is 44.2 Å². The highest BCUT2D eigenvalue weighted by Gasteiger charge is 2.33. The van der Waals surface area contributed by atoms with Crippen LogP contribution in [-0.4, -0.2) is 23.9 Å². The Labute approximate surface area is 191 Å². The fourth-order valence-electron chi connectivity index (χ4n) is 3.91. The predicted octanol–water partition coefficient (Wildman–Crippen LogP) is 2.67. The van der Waals surface area contributed by atoms with Crippen LogP contribution in [0.25, 0.3) is 6.08 Å². The molecule has 3 aromatic rings. The molecule has 0 fully saturated rings. The van der Waals surface area contributed by atoms with Gasteiger partial charge in [-0.05, 0) is 55.3 Å². The zero-order chi connectivity index (χ0) is 23.1. The van der Waals surface area contributed by atoms with Gasteiger partial charge in [0.15, 0.2) is 16.3 Å². The molecule has 9 heteroatoms. The molecule has 0 radical (unpaired) electrons. The number of carbonyl (C=O) groups is 1. The zero-order valence-electron chi connectivity index (χ0n) is 17.8. The number of rotatable bonds is 4. The number of benzene rings is 2. The smallest absolute Gasteiger partial charge is 0.338 e. The Balaban J connectivity index is 1.69. The number of fused-ring (bicyclic) bond motifs is 2. The van der Waals surface area contributed by atoms with Crippen molar-refractivity contribution in [3.63, 3.8) is 0 Å². The van der Waals surface area contributed by atoms with Gasteiger partial charge in [-0.1, -0.05) is 29.5 Å². The van der Waals surface area contributed by atoms with Crippen LogP contribution in [-0.2, 0) is 9.53 Å². The van der Waals surface area contributed by atoms with Gasteiger partial charge in [0.25, 0.3) is 5.56 Å². The van der Waals surface area contributed by atoms with Gasteiger partial charge in [-0.2, -0.15) is 0 Å². The van der Waals surface area contributed by atoms with Crippen LogP contribution in [0.15, 0.2) is 63.5 Å². The number of thiazole rings is 1. The van der Waals surface area contributed by atoms with Crippen LogP contribution < -0.4 is 24.4 Å². The Morgan fingerprint density at radius 1 is 1.24 bits per heavy atom. The third-order valence-electron chi connectivity index (χ3n) is 5.40. The molecule has 0 bridgehead atoms. The number of hydrogen-bond donors (Lipinski definition) is 0. The SMILES string of the molecule is CCOC(=O)C1=C(C)N=c2s/c(=C\c3ccc4c(c3)OCO4)c(=O)n2[C@H]1c1ccc(F)cc1. The normalized spacial score (nSPS) is 17.1. The highest BCUT2D eigenvalue weighted by Crippen LogP contribution is 2.33. The fourth-order valence-corrected chi connectivity index (χ4v) is 4.95. The van der Waals surface area contributed by atoms with Crippen molar-refractivity contribution in [3.05, 3.63) is 90.4 Å². The molecule has 2 aliphatic rings. The maximum atomic E-state index is 13.6. The molecule has 0 saturated heterocycles. The molecule has 2 aromatic carbocycles. The lowest BCUT2D eigenvalue weighted by molar-refractivity contribution is -0.139. The van der Waals surface area contributed by atoms with E-state index in [4.69, 9.17) is 14.2 Å². The van der Waals surface area contributed by atoms with Gasteiger partial charge >= 0.3 is 5.97 Å². The minimum Gasteiger partial charge on any atom is -0.463 e. The van der Waals surface area contributed by atoms with Crippen molar-refractivity contribution in [2.75, 3.05) is 13.4 Å². The zero-order valence-corrected chi connectivity index (χ0v) is 18.6. The summed E-state index contributed by atoms with van der Waals surface area (Å²) < 4.78 is 31.5. The second-order valence-electron chi connectivity index (χ2n) is 7.47. The number of hydrogen-bond acceptors (Lipinski definition) is 7. The van der Waals surface area contributed by atoms with Crippen LogP contribution in [0.2, 0.25) is 0 Å². The highest BCUT2D eigenvalue weighted by atomic mass is 32.1. The summed E-state index contributed by atoms with van der Waals surface area (Å²) in [6.45, 7) is 3.76. The van der Waals surface area contributed by atoms with E-state index in [0.717, 1.165) is 5.56 Å². The van der Waals surface area contributed by atoms with E-state index in [9.17, 15) is 14.0 Å². The summed E-state index contributed by atoms with van der Waals surface area (Å²) in [4.78, 5) is 31.3. The largest absolute Gasteiger partial charge is 0.463 e. The average molecular weight is 466 g/mol. The third-order valence-corrected chi connectivity index (χ3v) is 6.38. The molecule has 1 atom stereocenters. The Bertz CT molecular complexity index is 1470. The first-order chi connectivity index (χ1) is 16.0. The van der Waals surface area contributed by atoms with E-state index in [2.05, 4.69) is 4.99 Å². The molecule has 5 rings (SSSR count). The van der Waals surface area contributed by atoms with Crippen molar-refractivity contribution in [3.8, 4) is 11.5 Å². The Morgan fingerprint density at radius 3 is 2.76 bits per heavy atom. The Kier molecular flexibility index (Phi) is 5.33. The number of ether oxygens (including phenoxy) is 3. The van der Waals surface area contributed by atoms with E-state index >= 15 is 0 Å². The summed E-state index contributed by atoms with van der Waals surface area (Å²) in [5.74, 6) is 0.297. The number of carbonyl (C=O) groups excluding carboxylic acids is 1. The molecule has 2 aliphatic heterocycles. The first-order valence-electron chi connectivity index (χ1n) is 10.3. The monoisotopic (exact) mass is 466 g/mol. The second-order valence-corrected chi connectivity index (χ2v) is 8.48. The first-order valence-corrected chi connectivity index (χ1v) is 11.1. The minimum atomic E-state index is -0.778. The fraction of sp³-hybridized carbons (Fsp3) is 0.208. The summed E-state index contributed by atoms with van der Waals surface area (Å²) in [5, 5.41) is 0. The molecule has 3 heterocycles. The molecule has 1 aromatic heterocycles. The Hall–Kier alpha value is -3.72. The van der Waals surface area contributed by atoms with Crippen LogP contribution in [0.3, 0.4) is 0 Å². The summed E-state index contributed by atoms with van der Waals surface area (Å²) in [6.07, 6.45) is 1.75. The summed E-state index contributed by atoms with van der Waals surface area (Å²) in [7, 11) is 0. The number of aromatic nitrogens is 1. The lowest BCUT2D eigenvalue weighted by Gasteiger charge is -2.24. The van der Waals surface area contributed by atoms with Gasteiger partial charge in [0, 0.05) is 0 Å². The van der Waals surface area contributed by atoms with Crippen molar-refractivity contribution in [1.29, 1.82) is 0 Å². The quantitative estimate of drug-likeness (QED) is 0.553. The summed E-state index contributed by atoms with van der Waals surface area (Å²) in [5.41, 5.74) is 1.76. The molecule has 0 amide bonds. The van der Waals surface area contributed by atoms with Crippen LogP contribution >= 0.6 is 11.3 Å². The lowest BCUT2D eigenvalue weighted by atomic mass is 9.96. The number of allylic oxidation sites excluding steroid dienone is 1. The van der Waals surface area contributed by atoms with Gasteiger partial charge in [-0.15, -0.1) is 0 Å². The second kappa shape index (κ2) is 8.32. The van der Waals surface area contributed by atoms with Gasteiger partial charge in [-0.3, -0.25) is 9.36 Å². The van der Waals surface area contributed by atoms with Gasteiger partial charge in [0.05, 0.1) is 28.5 Å². The maximum absolute atomic E-state index is 13.6. The van der Waals surface area contributed by atoms with E-state index in [-0.39, 0.29) is 24.5 Å². The van der Waals surface area contributed by atoms with E-state index in [0.29, 0.717) is 32.1 Å². The molecule has 0 aliphatic carbocycles. The van der Waals surface area contributed by atoms with Crippen LogP contribution in [0.4, 0.5) is 4.39 Å². The molecule has 0 saturated carbocycles. The molecule has 168 valence electrons. The standard InChI is InChI=1S/C24H19FN2O5S/c1-3-30-23(29)20-13(2)26-24-27(21(20)15-5-7-16(25)8-6-15)22(28)19(33-24)11-14-4-9-17-18(10-14)32-12-31-17/h4-11,21H,3,12H2,1-2H3/b19-11-/t21-/m0/s1. The molecule has 0 N–H and O–H groups in total. The lowest BCUT2D eigenvalue weighted by Crippen LogP contribution is -2.39. The van der Waals surface area contributed by atoms with Gasteiger partial charge in [-0.25, -0.2) is 14.2 Å². The van der Waals surface area contributed by atoms with E-state index < -0.39 is 17.8 Å². The summed E-state index contributed by atoms with van der Waals surface area (Å²) >= 11 is 1.22. The summed E-state index contributed by atoms with van der Waals surface area (Å²) in [6, 6.07) is 10.4. The highest BCUT2D eigenvalue weighted by molar-refractivity contribution is 7.07. The average Bonchev–Trinajstić information content (AvgIpc) is 3.37. The van der Waals surface area contributed by atoms with Gasteiger partial charge in [0.1, 0.15) is 5.82 Å². The van der Waals surface area contributed by atoms with Gasteiger partial charge in [0.2, 0.25) is 6.79 Å². The third kappa shape index (κ3) is 3.74. The van der Waals surface area contributed by atoms with Crippen LogP contribution in [0, 0.1) is 5.82 Å². The maximum Gasteiger partial charge on any atom is 0.338 e. The van der Waals surface area contributed by atoms with Crippen molar-refractivity contribution in [2.24, 2.45) is 4.99 Å². The number of halogens is 1. The van der Waals surface area contributed by atoms with E-state index in [1.807, 2.05) is 6.07 Å². The topological polar surface area (TPSA) is 79.1 Å². The predicted molar refractivity (Wildman–Crippen MR) is 119 cm³/mol. The van der Waals surface area contributed by atoms with E-state index in [1.165, 1.54) is 28.0 Å². The molecule has 0 spiro atoms. The molecular weight excluding hydrogens is 447 g/mol.